The third kappa shape index (κ3) is 3.05. The van der Waals surface area contributed by atoms with Crippen molar-refractivity contribution >= 4 is 23.4 Å². The van der Waals surface area contributed by atoms with E-state index in [-0.39, 0.29) is 12.4 Å². The van der Waals surface area contributed by atoms with Crippen molar-refractivity contribution in [3.8, 4) is 0 Å². The highest BCUT2D eigenvalue weighted by Crippen LogP contribution is 2.23. The highest BCUT2D eigenvalue weighted by molar-refractivity contribution is 5.85. The molecule has 1 N–H and O–H groups in total. The van der Waals surface area contributed by atoms with Gasteiger partial charge < -0.3 is 14.5 Å². The van der Waals surface area contributed by atoms with Gasteiger partial charge >= 0.3 is 0 Å². The Hall–Kier alpha value is -1.89. The van der Waals surface area contributed by atoms with Gasteiger partial charge in [0.15, 0.2) is 0 Å². The summed E-state index contributed by atoms with van der Waals surface area (Å²) in [4.78, 5) is 11.5. The number of rotatable bonds is 3. The summed E-state index contributed by atoms with van der Waals surface area (Å²) in [5, 5.41) is 3.49. The van der Waals surface area contributed by atoms with Crippen LogP contribution in [0, 0.1) is 0 Å². The van der Waals surface area contributed by atoms with Crippen LogP contribution in [0.3, 0.4) is 0 Å². The molecule has 0 amide bonds. The number of hydrogen-bond donors (Lipinski definition) is 1. The summed E-state index contributed by atoms with van der Waals surface area (Å²) in [5.74, 6) is 1.12. The highest BCUT2D eigenvalue weighted by Gasteiger charge is 2.26. The van der Waals surface area contributed by atoms with E-state index in [1.165, 1.54) is 11.1 Å². The SMILES string of the molecule is Cl.Cn1ccnc1C1CNCCN1Cc1ccc2c(c1)ncn2C. The number of fused-ring (bicyclic) bond motifs is 1. The van der Waals surface area contributed by atoms with E-state index in [9.17, 15) is 0 Å². The number of hydrogen-bond acceptors (Lipinski definition) is 4. The van der Waals surface area contributed by atoms with E-state index in [0.717, 1.165) is 37.5 Å². The Morgan fingerprint density at radius 2 is 2.08 bits per heavy atom. The molecular weight excluding hydrogens is 324 g/mol. The van der Waals surface area contributed by atoms with E-state index in [2.05, 4.69) is 54.6 Å². The Bertz CT molecular complexity index is 823. The van der Waals surface area contributed by atoms with Crippen molar-refractivity contribution in [2.45, 2.75) is 12.6 Å². The minimum Gasteiger partial charge on any atom is -0.337 e. The van der Waals surface area contributed by atoms with E-state index >= 15 is 0 Å². The van der Waals surface area contributed by atoms with Gasteiger partial charge in [-0.25, -0.2) is 9.97 Å². The molecule has 0 aliphatic carbocycles. The minimum absolute atomic E-state index is 0. The van der Waals surface area contributed by atoms with Crippen LogP contribution in [0.1, 0.15) is 17.4 Å². The fourth-order valence-electron chi connectivity index (χ4n) is 3.40. The lowest BCUT2D eigenvalue weighted by molar-refractivity contribution is 0.145. The predicted octanol–water partition coefficient (Wildman–Crippen LogP) is 1.88. The number of aryl methyl sites for hydroxylation is 2. The zero-order chi connectivity index (χ0) is 15.8. The lowest BCUT2D eigenvalue weighted by atomic mass is 10.1. The minimum atomic E-state index is 0. The largest absolute Gasteiger partial charge is 0.337 e. The summed E-state index contributed by atoms with van der Waals surface area (Å²) in [7, 11) is 4.09. The van der Waals surface area contributed by atoms with Gasteiger partial charge in [-0.2, -0.15) is 0 Å². The van der Waals surface area contributed by atoms with E-state index in [1.807, 2.05) is 25.8 Å². The van der Waals surface area contributed by atoms with Crippen LogP contribution in [0.25, 0.3) is 11.0 Å². The summed E-state index contributed by atoms with van der Waals surface area (Å²) in [6.45, 7) is 3.91. The van der Waals surface area contributed by atoms with Gasteiger partial charge in [0.25, 0.3) is 0 Å². The van der Waals surface area contributed by atoms with Gasteiger partial charge in [0.05, 0.1) is 23.4 Å². The molecule has 0 radical (unpaired) electrons. The molecule has 128 valence electrons. The van der Waals surface area contributed by atoms with Crippen LogP contribution >= 0.6 is 12.4 Å². The third-order valence-corrected chi connectivity index (χ3v) is 4.69. The molecule has 4 rings (SSSR count). The third-order valence-electron chi connectivity index (χ3n) is 4.69. The molecule has 0 spiro atoms. The quantitative estimate of drug-likeness (QED) is 0.786. The Balaban J connectivity index is 0.00000169. The number of piperazine rings is 1. The number of imidazole rings is 2. The van der Waals surface area contributed by atoms with Crippen LogP contribution in [-0.2, 0) is 20.6 Å². The van der Waals surface area contributed by atoms with Gasteiger partial charge in [-0.15, -0.1) is 12.4 Å². The van der Waals surface area contributed by atoms with Crippen molar-refractivity contribution in [3.63, 3.8) is 0 Å². The molecule has 1 unspecified atom stereocenters. The van der Waals surface area contributed by atoms with Gasteiger partial charge in [-0.3, -0.25) is 4.90 Å². The van der Waals surface area contributed by atoms with Crippen molar-refractivity contribution < 1.29 is 0 Å². The van der Waals surface area contributed by atoms with E-state index < -0.39 is 0 Å². The monoisotopic (exact) mass is 346 g/mol. The molecule has 1 saturated heterocycles. The Morgan fingerprint density at radius 1 is 1.21 bits per heavy atom. The molecule has 7 heteroatoms. The first kappa shape index (κ1) is 17.0. The molecule has 2 aromatic heterocycles. The lowest BCUT2D eigenvalue weighted by Gasteiger charge is -2.35. The Morgan fingerprint density at radius 3 is 2.88 bits per heavy atom. The van der Waals surface area contributed by atoms with Gasteiger partial charge in [0, 0.05) is 52.7 Å². The standard InChI is InChI=1S/C17H22N6.ClH/c1-21-7-6-19-17(21)16-10-18-5-8-23(16)11-13-3-4-15-14(9-13)20-12-22(15)2;/h3-4,6-7,9,12,16,18H,5,8,10-11H2,1-2H3;1H. The van der Waals surface area contributed by atoms with Crippen molar-refractivity contribution in [3.05, 3.63) is 48.3 Å². The van der Waals surface area contributed by atoms with Crippen LogP contribution in [0.5, 0.6) is 0 Å². The molecule has 3 heterocycles. The molecule has 1 aliphatic rings. The summed E-state index contributed by atoms with van der Waals surface area (Å²) in [6, 6.07) is 6.88. The van der Waals surface area contributed by atoms with Crippen LogP contribution < -0.4 is 5.32 Å². The van der Waals surface area contributed by atoms with Crippen LogP contribution in [0.2, 0.25) is 0 Å². The zero-order valence-electron chi connectivity index (χ0n) is 14.0. The second-order valence-electron chi connectivity index (χ2n) is 6.27. The first-order valence-electron chi connectivity index (χ1n) is 8.04. The summed E-state index contributed by atoms with van der Waals surface area (Å²) in [5.41, 5.74) is 3.54. The molecule has 1 aromatic carbocycles. The Labute approximate surface area is 147 Å². The first-order chi connectivity index (χ1) is 11.2. The van der Waals surface area contributed by atoms with Crippen molar-refractivity contribution in [2.75, 3.05) is 19.6 Å². The number of benzene rings is 1. The first-order valence-corrected chi connectivity index (χ1v) is 8.04. The Kier molecular flexibility index (Phi) is 4.89. The average molecular weight is 347 g/mol. The average Bonchev–Trinajstić information content (AvgIpc) is 3.14. The smallest absolute Gasteiger partial charge is 0.127 e. The maximum atomic E-state index is 4.55. The van der Waals surface area contributed by atoms with Crippen LogP contribution in [-0.4, -0.2) is 43.6 Å². The predicted molar refractivity (Wildman–Crippen MR) is 97.2 cm³/mol. The topological polar surface area (TPSA) is 50.9 Å². The summed E-state index contributed by atoms with van der Waals surface area (Å²) >= 11 is 0. The molecule has 0 bridgehead atoms. The molecule has 0 saturated carbocycles. The molecular formula is C17H23ClN6. The molecule has 24 heavy (non-hydrogen) atoms. The van der Waals surface area contributed by atoms with Gasteiger partial charge in [-0.05, 0) is 17.7 Å². The van der Waals surface area contributed by atoms with E-state index in [0.29, 0.717) is 6.04 Å². The van der Waals surface area contributed by atoms with Crippen molar-refractivity contribution in [2.24, 2.45) is 14.1 Å². The van der Waals surface area contributed by atoms with Crippen LogP contribution in [0.15, 0.2) is 36.9 Å². The number of nitrogens with zero attached hydrogens (tertiary/aromatic N) is 5. The highest BCUT2D eigenvalue weighted by atomic mass is 35.5. The number of nitrogens with one attached hydrogen (secondary N) is 1. The van der Waals surface area contributed by atoms with Crippen molar-refractivity contribution in [1.29, 1.82) is 0 Å². The molecule has 1 fully saturated rings. The fourth-order valence-corrected chi connectivity index (χ4v) is 3.40. The molecule has 3 aromatic rings. The maximum Gasteiger partial charge on any atom is 0.127 e. The summed E-state index contributed by atoms with van der Waals surface area (Å²) in [6.07, 6.45) is 5.76. The van der Waals surface area contributed by atoms with Gasteiger partial charge in [-0.1, -0.05) is 6.07 Å². The second kappa shape index (κ2) is 6.93. The molecule has 1 atom stereocenters. The summed E-state index contributed by atoms with van der Waals surface area (Å²) < 4.78 is 4.17. The van der Waals surface area contributed by atoms with E-state index in [1.54, 1.807) is 0 Å². The van der Waals surface area contributed by atoms with Crippen molar-refractivity contribution in [1.82, 2.24) is 29.3 Å². The van der Waals surface area contributed by atoms with E-state index in [4.69, 9.17) is 0 Å². The molecule has 1 aliphatic heterocycles. The lowest BCUT2D eigenvalue weighted by Crippen LogP contribution is -2.46. The fraction of sp³-hybridized carbons (Fsp3) is 0.412. The maximum absolute atomic E-state index is 4.55. The van der Waals surface area contributed by atoms with Gasteiger partial charge in [0.2, 0.25) is 0 Å². The number of halogens is 1. The normalized spacial score (nSPS) is 18.7. The molecule has 6 nitrogen and oxygen atoms in total. The van der Waals surface area contributed by atoms with Gasteiger partial charge in [0.1, 0.15) is 5.82 Å². The second-order valence-corrected chi connectivity index (χ2v) is 6.27. The number of aromatic nitrogens is 4. The zero-order valence-corrected chi connectivity index (χ0v) is 14.8. The van der Waals surface area contributed by atoms with Crippen LogP contribution in [0.4, 0.5) is 0 Å².